The molecular formula is C12H10BClN2O3. The minimum absolute atomic E-state index is 0.0167. The number of furan rings is 1. The van der Waals surface area contributed by atoms with Gasteiger partial charge in [0.2, 0.25) is 0 Å². The first-order valence-corrected chi connectivity index (χ1v) is 5.80. The number of nitrogens with zero attached hydrogens (tertiary/aromatic N) is 1. The van der Waals surface area contributed by atoms with Gasteiger partial charge in [-0.3, -0.25) is 0 Å². The Morgan fingerprint density at radius 3 is 3.05 bits per heavy atom. The van der Waals surface area contributed by atoms with E-state index in [9.17, 15) is 4.79 Å². The van der Waals surface area contributed by atoms with Gasteiger partial charge in [-0.05, 0) is 23.7 Å². The highest BCUT2D eigenvalue weighted by atomic mass is 35.5. The van der Waals surface area contributed by atoms with E-state index in [1.807, 2.05) is 6.07 Å². The van der Waals surface area contributed by atoms with E-state index < -0.39 is 5.97 Å². The summed E-state index contributed by atoms with van der Waals surface area (Å²) in [5.74, 6) is 0.0907. The third-order valence-electron chi connectivity index (χ3n) is 2.44. The van der Waals surface area contributed by atoms with Gasteiger partial charge in [-0.1, -0.05) is 11.6 Å². The van der Waals surface area contributed by atoms with Crippen LogP contribution in [0.2, 0.25) is 5.15 Å². The summed E-state index contributed by atoms with van der Waals surface area (Å²) in [5, 5.41) is 3.17. The first kappa shape index (κ1) is 13.5. The van der Waals surface area contributed by atoms with E-state index >= 15 is 0 Å². The molecule has 7 heteroatoms. The summed E-state index contributed by atoms with van der Waals surface area (Å²) in [6, 6.07) is 5.12. The van der Waals surface area contributed by atoms with Gasteiger partial charge >= 0.3 is 5.97 Å². The van der Waals surface area contributed by atoms with Crippen LogP contribution in [-0.2, 0) is 11.3 Å². The summed E-state index contributed by atoms with van der Waals surface area (Å²) in [4.78, 5) is 15.4. The SMILES string of the molecule is [B]c1c(NCc2ccco2)cc(Cl)nc1C(=O)OC. The van der Waals surface area contributed by atoms with Crippen molar-refractivity contribution in [1.82, 2.24) is 4.98 Å². The average Bonchev–Trinajstić information content (AvgIpc) is 2.91. The van der Waals surface area contributed by atoms with Crippen molar-refractivity contribution in [2.24, 2.45) is 0 Å². The monoisotopic (exact) mass is 276 g/mol. The molecule has 96 valence electrons. The van der Waals surface area contributed by atoms with Crippen LogP contribution in [0, 0.1) is 0 Å². The molecule has 0 aliphatic heterocycles. The number of anilines is 1. The van der Waals surface area contributed by atoms with Crippen molar-refractivity contribution < 1.29 is 13.9 Å². The number of halogens is 1. The average molecular weight is 276 g/mol. The third kappa shape index (κ3) is 3.09. The van der Waals surface area contributed by atoms with Crippen molar-refractivity contribution in [3.8, 4) is 0 Å². The Labute approximate surface area is 116 Å². The molecule has 0 amide bonds. The highest BCUT2D eigenvalue weighted by Gasteiger charge is 2.15. The maximum Gasteiger partial charge on any atom is 0.356 e. The lowest BCUT2D eigenvalue weighted by Gasteiger charge is -2.12. The second-order valence-electron chi connectivity index (χ2n) is 3.68. The number of nitrogens with one attached hydrogen (secondary N) is 1. The standard InChI is InChI=1S/C12H10BClN2O3/c1-18-12(17)11-10(13)8(5-9(14)16-11)15-6-7-3-2-4-19-7/h2-5H,6H2,1H3,(H,15,16). The van der Waals surface area contributed by atoms with Gasteiger partial charge in [-0.15, -0.1) is 0 Å². The fourth-order valence-corrected chi connectivity index (χ4v) is 1.71. The first-order chi connectivity index (χ1) is 9.11. The Balaban J connectivity index is 2.24. The molecule has 2 aromatic heterocycles. The topological polar surface area (TPSA) is 64.4 Å². The molecule has 0 spiro atoms. The number of hydrogen-bond acceptors (Lipinski definition) is 5. The molecule has 5 nitrogen and oxygen atoms in total. The summed E-state index contributed by atoms with van der Waals surface area (Å²) in [6.07, 6.45) is 1.57. The van der Waals surface area contributed by atoms with Gasteiger partial charge in [-0.25, -0.2) is 9.78 Å². The maximum atomic E-state index is 11.5. The third-order valence-corrected chi connectivity index (χ3v) is 2.63. The largest absolute Gasteiger partial charge is 0.467 e. The fourth-order valence-electron chi connectivity index (χ4n) is 1.52. The van der Waals surface area contributed by atoms with Crippen LogP contribution in [0.25, 0.3) is 0 Å². The fraction of sp³-hybridized carbons (Fsp3) is 0.167. The van der Waals surface area contributed by atoms with Gasteiger partial charge in [0.05, 0.1) is 19.9 Å². The number of hydrogen-bond donors (Lipinski definition) is 1. The molecule has 19 heavy (non-hydrogen) atoms. The Morgan fingerprint density at radius 1 is 1.63 bits per heavy atom. The molecule has 0 fully saturated rings. The predicted octanol–water partition coefficient (Wildman–Crippen LogP) is 1.52. The lowest BCUT2D eigenvalue weighted by Crippen LogP contribution is -2.23. The van der Waals surface area contributed by atoms with Gasteiger partial charge in [0, 0.05) is 5.69 Å². The summed E-state index contributed by atoms with van der Waals surface area (Å²) in [6.45, 7) is 0.415. The van der Waals surface area contributed by atoms with Crippen LogP contribution < -0.4 is 10.8 Å². The van der Waals surface area contributed by atoms with Crippen molar-refractivity contribution in [2.75, 3.05) is 12.4 Å². The number of methoxy groups -OCH3 is 1. The zero-order chi connectivity index (χ0) is 13.8. The molecule has 2 heterocycles. The van der Waals surface area contributed by atoms with Gasteiger partial charge in [0.25, 0.3) is 0 Å². The Hall–Kier alpha value is -1.95. The molecule has 0 aliphatic rings. The van der Waals surface area contributed by atoms with Crippen LogP contribution in [0.15, 0.2) is 28.9 Å². The van der Waals surface area contributed by atoms with E-state index in [2.05, 4.69) is 15.0 Å². The normalized spacial score (nSPS) is 10.2. The predicted molar refractivity (Wildman–Crippen MR) is 72.0 cm³/mol. The molecule has 0 atom stereocenters. The van der Waals surface area contributed by atoms with Crippen LogP contribution in [-0.4, -0.2) is 25.9 Å². The van der Waals surface area contributed by atoms with Crippen molar-refractivity contribution in [1.29, 1.82) is 0 Å². The molecule has 0 aliphatic carbocycles. The zero-order valence-corrected chi connectivity index (χ0v) is 10.9. The van der Waals surface area contributed by atoms with Crippen molar-refractivity contribution in [3.05, 3.63) is 41.1 Å². The maximum absolute atomic E-state index is 11.5. The smallest absolute Gasteiger partial charge is 0.356 e. The summed E-state index contributed by atoms with van der Waals surface area (Å²) < 4.78 is 9.77. The van der Waals surface area contributed by atoms with Crippen LogP contribution >= 0.6 is 11.6 Å². The zero-order valence-electron chi connectivity index (χ0n) is 10.1. The van der Waals surface area contributed by atoms with Crippen molar-refractivity contribution >= 4 is 36.6 Å². The van der Waals surface area contributed by atoms with Gasteiger partial charge in [0.15, 0.2) is 0 Å². The van der Waals surface area contributed by atoms with E-state index in [4.69, 9.17) is 23.9 Å². The van der Waals surface area contributed by atoms with E-state index in [0.717, 1.165) is 5.76 Å². The molecule has 0 saturated carbocycles. The number of aromatic nitrogens is 1. The number of esters is 1. The van der Waals surface area contributed by atoms with E-state index in [0.29, 0.717) is 12.2 Å². The number of ether oxygens (including phenoxy) is 1. The molecule has 0 unspecified atom stereocenters. The number of carbonyl (C=O) groups is 1. The molecule has 0 bridgehead atoms. The van der Waals surface area contributed by atoms with Gasteiger partial charge in [-0.2, -0.15) is 0 Å². The minimum Gasteiger partial charge on any atom is -0.467 e. The van der Waals surface area contributed by atoms with E-state index in [1.165, 1.54) is 13.2 Å². The Kier molecular flexibility index (Phi) is 4.11. The van der Waals surface area contributed by atoms with E-state index in [-0.39, 0.29) is 16.3 Å². The van der Waals surface area contributed by atoms with Gasteiger partial charge in [0.1, 0.15) is 24.5 Å². The van der Waals surface area contributed by atoms with Crippen molar-refractivity contribution in [2.45, 2.75) is 6.54 Å². The van der Waals surface area contributed by atoms with Crippen LogP contribution in [0.1, 0.15) is 16.2 Å². The Bertz CT molecular complexity index is 587. The molecule has 0 aromatic carbocycles. The molecule has 1 N–H and O–H groups in total. The minimum atomic E-state index is -0.638. The van der Waals surface area contributed by atoms with Gasteiger partial charge < -0.3 is 14.5 Å². The molecular weight excluding hydrogens is 266 g/mol. The highest BCUT2D eigenvalue weighted by Crippen LogP contribution is 2.14. The highest BCUT2D eigenvalue weighted by molar-refractivity contribution is 6.40. The van der Waals surface area contributed by atoms with E-state index in [1.54, 1.807) is 12.3 Å². The molecule has 2 rings (SSSR count). The lowest BCUT2D eigenvalue weighted by atomic mass is 9.92. The summed E-state index contributed by atoms with van der Waals surface area (Å²) in [7, 11) is 7.10. The second-order valence-corrected chi connectivity index (χ2v) is 4.07. The Morgan fingerprint density at radius 2 is 2.42 bits per heavy atom. The molecule has 0 saturated heterocycles. The number of rotatable bonds is 4. The summed E-state index contributed by atoms with van der Waals surface area (Å²) >= 11 is 5.85. The first-order valence-electron chi connectivity index (χ1n) is 5.42. The number of carbonyl (C=O) groups excluding carboxylic acids is 1. The lowest BCUT2D eigenvalue weighted by molar-refractivity contribution is 0.0596. The second kappa shape index (κ2) is 5.80. The quantitative estimate of drug-likeness (QED) is 0.521. The molecule has 2 aromatic rings. The van der Waals surface area contributed by atoms with Crippen molar-refractivity contribution in [3.63, 3.8) is 0 Å². The van der Waals surface area contributed by atoms with Crippen LogP contribution in [0.3, 0.4) is 0 Å². The van der Waals surface area contributed by atoms with Crippen LogP contribution in [0.4, 0.5) is 5.69 Å². The van der Waals surface area contributed by atoms with Crippen LogP contribution in [0.5, 0.6) is 0 Å². The number of pyridine rings is 1. The molecule has 2 radical (unpaired) electrons. The summed E-state index contributed by atoms with van der Waals surface area (Å²) in [5.41, 5.74) is 0.663.